The maximum Gasteiger partial charge on any atom is 0.255 e. The van der Waals surface area contributed by atoms with E-state index in [2.05, 4.69) is 5.32 Å². The molecule has 0 spiro atoms. The summed E-state index contributed by atoms with van der Waals surface area (Å²) in [6.07, 6.45) is 0. The molecule has 1 amide bonds. The summed E-state index contributed by atoms with van der Waals surface area (Å²) < 4.78 is 0. The number of rotatable bonds is 3. The Labute approximate surface area is 113 Å². The molecular weight excluding hydrogens is 236 g/mol. The van der Waals surface area contributed by atoms with E-state index in [1.807, 2.05) is 50.2 Å². The van der Waals surface area contributed by atoms with Crippen LogP contribution in [-0.2, 0) is 6.54 Å². The second-order valence-corrected chi connectivity index (χ2v) is 4.68. The highest BCUT2D eigenvalue weighted by Gasteiger charge is 2.08. The summed E-state index contributed by atoms with van der Waals surface area (Å²) in [5, 5.41) is 2.94. The zero-order valence-corrected chi connectivity index (χ0v) is 11.2. The number of hydrogen-bond acceptors (Lipinski definition) is 2. The molecule has 2 aromatic rings. The number of carbonyl (C=O) groups excluding carboxylic acids is 1. The first kappa shape index (κ1) is 13.3. The molecule has 0 unspecified atom stereocenters. The number of aryl methyl sites for hydroxylation is 2. The van der Waals surface area contributed by atoms with E-state index in [-0.39, 0.29) is 5.91 Å². The van der Waals surface area contributed by atoms with E-state index < -0.39 is 0 Å². The lowest BCUT2D eigenvalue weighted by Gasteiger charge is -2.10. The maximum atomic E-state index is 12.2. The fourth-order valence-corrected chi connectivity index (χ4v) is 1.90. The number of hydrogen-bond donors (Lipinski definition) is 2. The van der Waals surface area contributed by atoms with Gasteiger partial charge in [-0.3, -0.25) is 4.79 Å². The molecule has 0 aliphatic heterocycles. The summed E-state index contributed by atoms with van der Waals surface area (Å²) in [6.45, 7) is 4.42. The first-order chi connectivity index (χ1) is 9.10. The molecule has 0 aromatic heterocycles. The molecule has 0 saturated heterocycles. The van der Waals surface area contributed by atoms with Gasteiger partial charge in [-0.1, -0.05) is 24.3 Å². The van der Waals surface area contributed by atoms with E-state index in [9.17, 15) is 4.79 Å². The van der Waals surface area contributed by atoms with E-state index in [1.54, 1.807) is 6.07 Å². The minimum absolute atomic E-state index is 0.107. The van der Waals surface area contributed by atoms with Gasteiger partial charge in [-0.15, -0.1) is 0 Å². The number of anilines is 1. The third-order valence-electron chi connectivity index (χ3n) is 3.07. The van der Waals surface area contributed by atoms with Crippen LogP contribution in [0.3, 0.4) is 0 Å². The smallest absolute Gasteiger partial charge is 0.255 e. The Morgan fingerprint density at radius 1 is 1.16 bits per heavy atom. The van der Waals surface area contributed by atoms with Gasteiger partial charge in [0, 0.05) is 17.8 Å². The molecule has 0 aliphatic carbocycles. The fraction of sp³-hybridized carbons (Fsp3) is 0.188. The average Bonchev–Trinajstić information content (AvgIpc) is 2.43. The Bertz CT molecular complexity index is 605. The average molecular weight is 254 g/mol. The van der Waals surface area contributed by atoms with Crippen molar-refractivity contribution < 1.29 is 4.79 Å². The molecule has 0 atom stereocenters. The molecule has 0 bridgehead atoms. The molecule has 2 aromatic carbocycles. The molecule has 0 heterocycles. The van der Waals surface area contributed by atoms with Crippen LogP contribution in [0.15, 0.2) is 42.5 Å². The van der Waals surface area contributed by atoms with Crippen LogP contribution in [0.1, 0.15) is 27.0 Å². The van der Waals surface area contributed by atoms with Crippen molar-refractivity contribution in [3.05, 3.63) is 64.7 Å². The molecule has 3 heteroatoms. The van der Waals surface area contributed by atoms with E-state index in [0.29, 0.717) is 12.1 Å². The standard InChI is InChI=1S/C16H18N2O/c1-11-6-7-12(2)15(8-11)18-16(19)14-5-3-4-13(9-14)10-17/h3-9H,10,17H2,1-2H3,(H,18,19). The largest absolute Gasteiger partial charge is 0.326 e. The molecule has 3 nitrogen and oxygen atoms in total. The molecule has 0 aliphatic rings. The van der Waals surface area contributed by atoms with Crippen molar-refractivity contribution in [3.8, 4) is 0 Å². The van der Waals surface area contributed by atoms with Crippen molar-refractivity contribution in [2.45, 2.75) is 20.4 Å². The van der Waals surface area contributed by atoms with Crippen molar-refractivity contribution in [3.63, 3.8) is 0 Å². The predicted octanol–water partition coefficient (Wildman–Crippen LogP) is 3.01. The summed E-state index contributed by atoms with van der Waals surface area (Å²) in [4.78, 5) is 12.2. The highest BCUT2D eigenvalue weighted by molar-refractivity contribution is 6.04. The van der Waals surface area contributed by atoms with E-state index >= 15 is 0 Å². The normalized spacial score (nSPS) is 10.3. The van der Waals surface area contributed by atoms with Crippen molar-refractivity contribution in [1.29, 1.82) is 0 Å². The second kappa shape index (κ2) is 5.67. The highest BCUT2D eigenvalue weighted by atomic mass is 16.1. The van der Waals surface area contributed by atoms with Crippen LogP contribution in [-0.4, -0.2) is 5.91 Å². The summed E-state index contributed by atoms with van der Waals surface area (Å²) in [5.74, 6) is -0.107. The number of nitrogens with two attached hydrogens (primary N) is 1. The monoisotopic (exact) mass is 254 g/mol. The van der Waals surface area contributed by atoms with Crippen molar-refractivity contribution in [1.82, 2.24) is 0 Å². The Morgan fingerprint density at radius 3 is 2.68 bits per heavy atom. The molecule has 0 saturated carbocycles. The second-order valence-electron chi connectivity index (χ2n) is 4.68. The summed E-state index contributed by atoms with van der Waals surface area (Å²) in [7, 11) is 0. The minimum Gasteiger partial charge on any atom is -0.326 e. The molecule has 98 valence electrons. The van der Waals surface area contributed by atoms with Crippen molar-refractivity contribution in [2.75, 3.05) is 5.32 Å². The van der Waals surface area contributed by atoms with E-state index in [0.717, 1.165) is 22.4 Å². The lowest BCUT2D eigenvalue weighted by Crippen LogP contribution is -2.13. The van der Waals surface area contributed by atoms with Crippen LogP contribution in [0, 0.1) is 13.8 Å². The summed E-state index contributed by atoms with van der Waals surface area (Å²) in [5.41, 5.74) is 10.2. The number of amides is 1. The number of benzene rings is 2. The van der Waals surface area contributed by atoms with Crippen LogP contribution in [0.5, 0.6) is 0 Å². The lowest BCUT2D eigenvalue weighted by atomic mass is 10.1. The van der Waals surface area contributed by atoms with Gasteiger partial charge in [0.15, 0.2) is 0 Å². The topological polar surface area (TPSA) is 55.1 Å². The van der Waals surface area contributed by atoms with Gasteiger partial charge < -0.3 is 11.1 Å². The van der Waals surface area contributed by atoms with E-state index in [4.69, 9.17) is 5.73 Å². The first-order valence-corrected chi connectivity index (χ1v) is 6.28. The fourth-order valence-electron chi connectivity index (χ4n) is 1.90. The Kier molecular flexibility index (Phi) is 3.97. The van der Waals surface area contributed by atoms with Crippen LogP contribution >= 0.6 is 0 Å². The van der Waals surface area contributed by atoms with Gasteiger partial charge in [0.25, 0.3) is 5.91 Å². The first-order valence-electron chi connectivity index (χ1n) is 6.28. The molecular formula is C16H18N2O. The third-order valence-corrected chi connectivity index (χ3v) is 3.07. The zero-order chi connectivity index (χ0) is 13.8. The highest BCUT2D eigenvalue weighted by Crippen LogP contribution is 2.17. The maximum absolute atomic E-state index is 12.2. The van der Waals surface area contributed by atoms with Crippen molar-refractivity contribution in [2.24, 2.45) is 5.73 Å². The van der Waals surface area contributed by atoms with Gasteiger partial charge >= 0.3 is 0 Å². The van der Waals surface area contributed by atoms with Crippen molar-refractivity contribution >= 4 is 11.6 Å². The van der Waals surface area contributed by atoms with Gasteiger partial charge in [0.1, 0.15) is 0 Å². The third kappa shape index (κ3) is 3.20. The summed E-state index contributed by atoms with van der Waals surface area (Å²) >= 11 is 0. The van der Waals surface area contributed by atoms with Gasteiger partial charge in [-0.25, -0.2) is 0 Å². The van der Waals surface area contributed by atoms with Gasteiger partial charge in [-0.05, 0) is 48.7 Å². The van der Waals surface area contributed by atoms with Gasteiger partial charge in [0.05, 0.1) is 0 Å². The molecule has 3 N–H and O–H groups in total. The number of carbonyl (C=O) groups is 1. The predicted molar refractivity (Wildman–Crippen MR) is 78.2 cm³/mol. The molecule has 0 fully saturated rings. The van der Waals surface area contributed by atoms with E-state index in [1.165, 1.54) is 0 Å². The van der Waals surface area contributed by atoms with Crippen LogP contribution in [0.4, 0.5) is 5.69 Å². The number of nitrogens with one attached hydrogen (secondary N) is 1. The molecule has 0 radical (unpaired) electrons. The molecule has 2 rings (SSSR count). The lowest BCUT2D eigenvalue weighted by molar-refractivity contribution is 0.102. The minimum atomic E-state index is -0.107. The van der Waals surface area contributed by atoms with Crippen LogP contribution in [0.2, 0.25) is 0 Å². The Balaban J connectivity index is 2.22. The summed E-state index contributed by atoms with van der Waals surface area (Å²) in [6, 6.07) is 13.4. The SMILES string of the molecule is Cc1ccc(C)c(NC(=O)c2cccc(CN)c2)c1. The Hall–Kier alpha value is -2.13. The Morgan fingerprint density at radius 2 is 1.95 bits per heavy atom. The van der Waals surface area contributed by atoms with Crippen LogP contribution < -0.4 is 11.1 Å². The van der Waals surface area contributed by atoms with Crippen LogP contribution in [0.25, 0.3) is 0 Å². The zero-order valence-electron chi connectivity index (χ0n) is 11.2. The molecule has 19 heavy (non-hydrogen) atoms. The quantitative estimate of drug-likeness (QED) is 0.884. The van der Waals surface area contributed by atoms with Gasteiger partial charge in [-0.2, -0.15) is 0 Å². The van der Waals surface area contributed by atoms with Gasteiger partial charge in [0.2, 0.25) is 0 Å².